The van der Waals surface area contributed by atoms with Crippen molar-refractivity contribution < 1.29 is 0 Å². The number of rotatable bonds is 2. The van der Waals surface area contributed by atoms with Gasteiger partial charge in [-0.2, -0.15) is 47.4 Å². The SMILES string of the molecule is C=CC#N.C=CC#N.C=CC#N.C=CC#N.C=CC#N.C=CC#N.C=CC#N.C=CC#N.C=CC#N.C=CC=C.C=Cc1ccccc1. The van der Waals surface area contributed by atoms with E-state index in [0.29, 0.717) is 0 Å². The average molecular weight is 636 g/mol. The minimum Gasteiger partial charge on any atom is -0.193 e. The summed E-state index contributed by atoms with van der Waals surface area (Å²) in [6.45, 7) is 38.4. The van der Waals surface area contributed by atoms with Crippen molar-refractivity contribution in [2.24, 2.45) is 0 Å². The first kappa shape index (κ1) is 67.3. The smallest absolute Gasteiger partial charge is 0.0905 e. The molecule has 0 amide bonds. The quantitative estimate of drug-likeness (QED) is 0.223. The Morgan fingerprint density at radius 2 is 0.458 bits per heavy atom. The molecule has 1 aromatic carbocycles. The zero-order valence-corrected chi connectivity index (χ0v) is 27.3. The highest BCUT2D eigenvalue weighted by atomic mass is 14.2. The summed E-state index contributed by atoms with van der Waals surface area (Å²) in [6.07, 6.45) is 15.7. The lowest BCUT2D eigenvalue weighted by Gasteiger charge is -1.85. The molecule has 0 bridgehead atoms. The minimum atomic E-state index is 1.17. The Hall–Kier alpha value is -8.49. The van der Waals surface area contributed by atoms with Crippen molar-refractivity contribution in [1.29, 1.82) is 47.4 Å². The van der Waals surface area contributed by atoms with Gasteiger partial charge in [-0.15, -0.1) is 0 Å². The Morgan fingerprint density at radius 3 is 0.521 bits per heavy atom. The summed E-state index contributed by atoms with van der Waals surface area (Å²) in [6, 6.07) is 25.3. The van der Waals surface area contributed by atoms with Crippen LogP contribution in [0.3, 0.4) is 0 Å². The molecule has 1 aromatic rings. The summed E-state index contributed by atoms with van der Waals surface area (Å²) < 4.78 is 0. The van der Waals surface area contributed by atoms with Crippen LogP contribution in [0.5, 0.6) is 0 Å². The summed E-state index contributed by atoms with van der Waals surface area (Å²) in [5.74, 6) is 0. The number of allylic oxidation sites excluding steroid dienone is 11. The maximum Gasteiger partial charge on any atom is 0.0905 e. The van der Waals surface area contributed by atoms with Gasteiger partial charge in [0.25, 0.3) is 0 Å². The number of benzene rings is 1. The second-order valence-electron chi connectivity index (χ2n) is 5.09. The highest BCUT2D eigenvalue weighted by molar-refractivity contribution is 5.45. The van der Waals surface area contributed by atoms with E-state index in [4.69, 9.17) is 47.4 Å². The van der Waals surface area contributed by atoms with Gasteiger partial charge in [-0.1, -0.05) is 128 Å². The van der Waals surface area contributed by atoms with E-state index in [1.807, 2.05) is 36.4 Å². The molecule has 1 rings (SSSR count). The van der Waals surface area contributed by atoms with Crippen LogP contribution in [0.15, 0.2) is 176 Å². The molecular formula is C39H41N9. The monoisotopic (exact) mass is 635 g/mol. The molecule has 0 heterocycles. The standard InChI is InChI=1S/C8H8.C4H6.9C3H3N/c1-2-8-6-4-3-5-7-8;1-3-4-2;9*1-2-3-4/h2-7H,1H2;3-4H,1-2H2;9*2H,1H2. The van der Waals surface area contributed by atoms with Crippen LogP contribution < -0.4 is 0 Å². The second kappa shape index (κ2) is 129. The van der Waals surface area contributed by atoms with Gasteiger partial charge in [-0.05, 0) is 5.56 Å². The number of hydrogen-bond donors (Lipinski definition) is 0. The predicted octanol–water partition coefficient (Wildman–Crippen LogP) is 9.95. The lowest BCUT2D eigenvalue weighted by molar-refractivity contribution is 1.54. The fourth-order valence-electron chi connectivity index (χ4n) is 0.589. The van der Waals surface area contributed by atoms with Crippen molar-refractivity contribution in [2.45, 2.75) is 0 Å². The van der Waals surface area contributed by atoms with Crippen LogP contribution >= 0.6 is 0 Å². The Bertz CT molecular complexity index is 1100. The summed E-state index contributed by atoms with van der Waals surface area (Å²) in [5.41, 5.74) is 1.17. The van der Waals surface area contributed by atoms with Crippen LogP contribution in [0.2, 0.25) is 0 Å². The van der Waals surface area contributed by atoms with Crippen LogP contribution in [0.25, 0.3) is 6.08 Å². The highest BCUT2D eigenvalue weighted by Crippen LogP contribution is 1.97. The van der Waals surface area contributed by atoms with Gasteiger partial charge in [0.05, 0.1) is 54.6 Å². The van der Waals surface area contributed by atoms with E-state index in [9.17, 15) is 0 Å². The Kier molecular flexibility index (Phi) is 181. The fraction of sp³-hybridized carbons (Fsp3) is 0. The van der Waals surface area contributed by atoms with Crippen molar-refractivity contribution in [1.82, 2.24) is 0 Å². The Balaban J connectivity index is -0.0000000419. The molecular weight excluding hydrogens is 594 g/mol. The first-order valence-corrected chi connectivity index (χ1v) is 12.0. The van der Waals surface area contributed by atoms with Crippen LogP contribution in [0, 0.1) is 102 Å². The third-order valence-electron chi connectivity index (χ3n) is 2.02. The zero-order valence-electron chi connectivity index (χ0n) is 27.3. The summed E-state index contributed by atoms with van der Waals surface area (Å²) in [7, 11) is 0. The van der Waals surface area contributed by atoms with E-state index >= 15 is 0 Å². The molecule has 0 spiro atoms. The third-order valence-corrected chi connectivity index (χ3v) is 2.02. The molecule has 0 unspecified atom stereocenters. The van der Waals surface area contributed by atoms with Crippen molar-refractivity contribution >= 4 is 6.08 Å². The van der Waals surface area contributed by atoms with Crippen molar-refractivity contribution in [3.8, 4) is 54.6 Å². The second-order valence-corrected chi connectivity index (χ2v) is 5.09. The zero-order chi connectivity index (χ0) is 40.0. The molecule has 0 aliphatic carbocycles. The predicted molar refractivity (Wildman–Crippen MR) is 199 cm³/mol. The van der Waals surface area contributed by atoms with Gasteiger partial charge in [0.2, 0.25) is 0 Å². The van der Waals surface area contributed by atoms with Gasteiger partial charge < -0.3 is 0 Å². The molecule has 242 valence electrons. The molecule has 0 atom stereocenters. The Morgan fingerprint density at radius 1 is 0.312 bits per heavy atom. The molecule has 0 aromatic heterocycles. The summed E-state index contributed by atoms with van der Waals surface area (Å²) in [5, 5.41) is 67.6. The maximum absolute atomic E-state index is 7.51. The van der Waals surface area contributed by atoms with E-state index in [-0.39, 0.29) is 0 Å². The van der Waals surface area contributed by atoms with Crippen LogP contribution in [0.4, 0.5) is 0 Å². The van der Waals surface area contributed by atoms with E-state index < -0.39 is 0 Å². The molecule has 0 aliphatic heterocycles. The van der Waals surface area contributed by atoms with Crippen molar-refractivity contribution in [3.05, 3.63) is 182 Å². The number of hydrogen-bond acceptors (Lipinski definition) is 9. The van der Waals surface area contributed by atoms with Gasteiger partial charge in [-0.3, -0.25) is 0 Å². The largest absolute Gasteiger partial charge is 0.193 e. The normalized spacial score (nSPS) is 4.65. The molecule has 0 N–H and O–H groups in total. The fourth-order valence-corrected chi connectivity index (χ4v) is 0.589. The van der Waals surface area contributed by atoms with E-state index in [1.54, 1.807) is 66.8 Å². The van der Waals surface area contributed by atoms with Crippen LogP contribution in [0.1, 0.15) is 5.56 Å². The van der Waals surface area contributed by atoms with E-state index in [0.717, 1.165) is 0 Å². The molecule has 9 heteroatoms. The topological polar surface area (TPSA) is 214 Å². The molecule has 0 fully saturated rings. The molecule has 0 radical (unpaired) electrons. The lowest BCUT2D eigenvalue weighted by Crippen LogP contribution is -1.63. The van der Waals surface area contributed by atoms with Crippen LogP contribution in [-0.2, 0) is 0 Å². The lowest BCUT2D eigenvalue weighted by atomic mass is 10.2. The molecule has 48 heavy (non-hydrogen) atoms. The number of nitriles is 9. The van der Waals surface area contributed by atoms with E-state index in [2.05, 4.69) is 78.9 Å². The van der Waals surface area contributed by atoms with Gasteiger partial charge in [0.1, 0.15) is 0 Å². The minimum absolute atomic E-state index is 1.17. The van der Waals surface area contributed by atoms with Gasteiger partial charge in [-0.25, -0.2) is 0 Å². The first-order chi connectivity index (χ1) is 23.1. The van der Waals surface area contributed by atoms with Crippen LogP contribution in [-0.4, -0.2) is 0 Å². The van der Waals surface area contributed by atoms with Gasteiger partial charge in [0.15, 0.2) is 0 Å². The third kappa shape index (κ3) is 377. The first-order valence-electron chi connectivity index (χ1n) is 12.0. The van der Waals surface area contributed by atoms with Crippen molar-refractivity contribution in [3.63, 3.8) is 0 Å². The summed E-state index contributed by atoms with van der Waals surface area (Å²) in [4.78, 5) is 0. The molecule has 0 saturated carbocycles. The van der Waals surface area contributed by atoms with Crippen molar-refractivity contribution in [2.75, 3.05) is 0 Å². The maximum atomic E-state index is 7.51. The molecule has 0 aliphatic rings. The van der Waals surface area contributed by atoms with Gasteiger partial charge >= 0.3 is 0 Å². The number of nitrogens with zero attached hydrogens (tertiary/aromatic N) is 9. The highest BCUT2D eigenvalue weighted by Gasteiger charge is 1.75. The Labute approximate surface area is 289 Å². The molecule has 9 nitrogen and oxygen atoms in total. The van der Waals surface area contributed by atoms with Gasteiger partial charge in [0, 0.05) is 54.7 Å². The average Bonchev–Trinajstić information content (AvgIpc) is 3.18. The van der Waals surface area contributed by atoms with E-state index in [1.165, 1.54) is 60.2 Å². The summed E-state index contributed by atoms with van der Waals surface area (Å²) >= 11 is 0. The molecule has 0 saturated heterocycles.